The van der Waals surface area contributed by atoms with E-state index in [0.717, 1.165) is 39.4 Å². The molecule has 3 aromatic rings. The van der Waals surface area contributed by atoms with Crippen LogP contribution in [0.4, 0.5) is 4.39 Å². The van der Waals surface area contributed by atoms with Gasteiger partial charge >= 0.3 is 0 Å². The van der Waals surface area contributed by atoms with Crippen molar-refractivity contribution in [3.8, 4) is 0 Å². The van der Waals surface area contributed by atoms with Crippen LogP contribution in [0.1, 0.15) is 129 Å². The van der Waals surface area contributed by atoms with Crippen molar-refractivity contribution in [3.05, 3.63) is 104 Å². The first-order valence-corrected chi connectivity index (χ1v) is 36.1. The lowest BCUT2D eigenvalue weighted by Gasteiger charge is -2.38. The minimum Gasteiger partial charge on any atom is -0.343 e. The molecule has 24 nitrogen and oxygen atoms in total. The summed E-state index contributed by atoms with van der Waals surface area (Å²) < 4.78 is 16.7. The molecule has 2 heterocycles. The van der Waals surface area contributed by atoms with E-state index >= 15 is 23.6 Å². The molecule has 0 aliphatic carbocycles. The van der Waals surface area contributed by atoms with E-state index in [-0.39, 0.29) is 49.5 Å². The lowest BCUT2D eigenvalue weighted by Crippen LogP contribution is -2.61. The molecule has 1 unspecified atom stereocenters. The van der Waals surface area contributed by atoms with Crippen LogP contribution in [0.5, 0.6) is 0 Å². The number of nitrogens with one attached hydrogen (secondary N) is 4. The van der Waals surface area contributed by atoms with Gasteiger partial charge in [0.1, 0.15) is 54.2 Å². The second kappa shape index (κ2) is 39.5. The molecule has 3 aromatic carbocycles. The van der Waals surface area contributed by atoms with E-state index in [1.54, 1.807) is 54.3 Å². The van der Waals surface area contributed by atoms with E-state index in [4.69, 9.17) is 11.6 Å². The van der Waals surface area contributed by atoms with E-state index in [2.05, 4.69) is 43.9 Å². The summed E-state index contributed by atoms with van der Waals surface area (Å²) >= 11 is 8.36. The molecule has 0 aromatic heterocycles. The van der Waals surface area contributed by atoms with E-state index in [1.807, 2.05) is 53.7 Å². The molecule has 27 heteroatoms. The van der Waals surface area contributed by atoms with Crippen LogP contribution in [0, 0.1) is 27.1 Å². The highest BCUT2D eigenvalue weighted by atomic mass is 127. The van der Waals surface area contributed by atoms with E-state index in [0.29, 0.717) is 61.3 Å². The van der Waals surface area contributed by atoms with Gasteiger partial charge < -0.3 is 60.5 Å². The predicted octanol–water partition coefficient (Wildman–Crippen LogP) is 5.48. The first-order valence-electron chi connectivity index (χ1n) is 34.7. The summed E-state index contributed by atoms with van der Waals surface area (Å²) in [6.07, 6.45) is 2.49. The molecular formula is C73H105ClFIN12O12. The number of likely N-dealkylation sites (N-methyl/N-ethyl adjacent to an activating group) is 7. The zero-order chi connectivity index (χ0) is 74.4. The van der Waals surface area contributed by atoms with Crippen LogP contribution < -0.4 is 21.3 Å². The number of hydrogen-bond acceptors (Lipinski definition) is 12. The normalized spacial score (nSPS) is 23.4. The van der Waals surface area contributed by atoms with E-state index in [1.165, 1.54) is 72.4 Å². The monoisotopic (exact) mass is 1520 g/mol. The van der Waals surface area contributed by atoms with Gasteiger partial charge in [0.25, 0.3) is 0 Å². The smallest absolute Gasteiger partial charge is 0.245 e. The average Bonchev–Trinajstić information content (AvgIpc) is 0.822. The molecule has 4 N–H and O–H groups in total. The van der Waals surface area contributed by atoms with Crippen LogP contribution in [-0.4, -0.2) is 240 Å². The summed E-state index contributed by atoms with van der Waals surface area (Å²) in [5.74, 6) is -10.3. The first kappa shape index (κ1) is 82.9. The fourth-order valence-corrected chi connectivity index (χ4v) is 13.1. The number of hydrogen-bond donors (Lipinski definition) is 4. The number of piperidine rings is 1. The number of likely N-dealkylation sites (tertiary alicyclic amines) is 1. The summed E-state index contributed by atoms with van der Waals surface area (Å²) in [5, 5.41) is 11.8. The van der Waals surface area contributed by atoms with Crippen molar-refractivity contribution in [2.75, 3.05) is 82.1 Å². The Morgan fingerprint density at radius 2 is 1.14 bits per heavy atom. The maximum Gasteiger partial charge on any atom is 0.245 e. The number of nitrogens with zero attached hydrogens (tertiary/aromatic N) is 8. The second-order valence-electron chi connectivity index (χ2n) is 27.7. The number of benzene rings is 3. The number of halogens is 3. The Morgan fingerprint density at radius 3 is 1.75 bits per heavy atom. The van der Waals surface area contributed by atoms with Gasteiger partial charge in [-0.05, 0) is 126 Å². The van der Waals surface area contributed by atoms with Gasteiger partial charge in [-0.2, -0.15) is 0 Å². The molecule has 0 bridgehead atoms. The molecular weight excluding hydrogens is 1420 g/mol. The Hall–Kier alpha value is -7.75. The topological polar surface area (TPSA) is 279 Å². The van der Waals surface area contributed by atoms with Crippen LogP contribution in [-0.2, 0) is 76.8 Å². The largest absolute Gasteiger partial charge is 0.343 e. The molecule has 9 atom stereocenters. The molecule has 12 amide bonds. The zero-order valence-corrected chi connectivity index (χ0v) is 63.5. The van der Waals surface area contributed by atoms with Crippen molar-refractivity contribution in [1.29, 1.82) is 0 Å². The maximum absolute atomic E-state index is 15.9. The van der Waals surface area contributed by atoms with Gasteiger partial charge in [0.15, 0.2) is 0 Å². The van der Waals surface area contributed by atoms with Gasteiger partial charge in [0.05, 0.1) is 26.1 Å². The summed E-state index contributed by atoms with van der Waals surface area (Å²) in [6, 6.07) is 8.61. The van der Waals surface area contributed by atoms with Crippen molar-refractivity contribution in [2.45, 2.75) is 180 Å². The van der Waals surface area contributed by atoms with Gasteiger partial charge in [-0.15, -0.1) is 0 Å². The summed E-state index contributed by atoms with van der Waals surface area (Å²) in [7, 11) is 9.60. The third-order valence-corrected chi connectivity index (χ3v) is 19.7. The van der Waals surface area contributed by atoms with Crippen LogP contribution >= 0.6 is 34.2 Å². The summed E-state index contributed by atoms with van der Waals surface area (Å²) in [5.41, 5.74) is 1.27. The van der Waals surface area contributed by atoms with Crippen molar-refractivity contribution < 1.29 is 61.9 Å². The molecule has 2 fully saturated rings. The maximum atomic E-state index is 15.9. The third-order valence-electron chi connectivity index (χ3n) is 18.8. The molecule has 5 rings (SSSR count). The molecule has 2 aliphatic heterocycles. The molecule has 100 heavy (non-hydrogen) atoms. The Balaban J connectivity index is 1.67. The molecule has 0 radical (unpaired) electrons. The van der Waals surface area contributed by atoms with Crippen molar-refractivity contribution in [3.63, 3.8) is 0 Å². The Labute approximate surface area is 608 Å². The standard InChI is InChI=1S/C73H105ClFIN12O12/c1-15-17-28-54-69(96)86(13)58(40-50-25-19-20-27-53(50)75)67(94)79-56(35-45(3)4)70(97)87(14)60(72(99)88-33-21-18-22-34-88)41-62(90)84(11)57(36-46(5)6)68(95)80-65(47(7)16-2)73(100)83(10)43-63(91)81(8)44-64(92)85(12)59(39-48-29-31-51(74)32-30-48)71(98)82(9)42-61(89)77-55(66(93)78-54)38-49-24-23-26-52(76)37-49/h19-20,23-27,29-32,37,45-47,54-60,65H,15-18,21-22,28,33-36,38-44H2,1-14H3,(H,77,89)(H,78,93)(H,79,94)(H,80,95)/t47-,54-,55-,56-,57-,58-,59-,60?,65-/m0/s1. The number of unbranched alkanes of at least 4 members (excludes halogenated alkanes) is 1. The zero-order valence-electron chi connectivity index (χ0n) is 60.6. The highest BCUT2D eigenvalue weighted by Gasteiger charge is 2.43. The Bertz CT molecular complexity index is 3360. The van der Waals surface area contributed by atoms with Gasteiger partial charge in [-0.1, -0.05) is 122 Å². The van der Waals surface area contributed by atoms with Gasteiger partial charge in [0.2, 0.25) is 70.9 Å². The minimum atomic E-state index is -1.54. The van der Waals surface area contributed by atoms with E-state index in [9.17, 15) is 38.4 Å². The van der Waals surface area contributed by atoms with Crippen LogP contribution in [0.15, 0.2) is 72.8 Å². The van der Waals surface area contributed by atoms with Crippen molar-refractivity contribution in [2.24, 2.45) is 17.8 Å². The number of rotatable bonds is 16. The van der Waals surface area contributed by atoms with E-state index < -0.39 is 163 Å². The van der Waals surface area contributed by atoms with Crippen LogP contribution in [0.25, 0.3) is 0 Å². The predicted molar refractivity (Wildman–Crippen MR) is 388 cm³/mol. The second-order valence-corrected chi connectivity index (χ2v) is 29.4. The first-order chi connectivity index (χ1) is 47.2. The van der Waals surface area contributed by atoms with Gasteiger partial charge in [0, 0.05) is 90.3 Å². The average molecular weight is 1520 g/mol. The SMILES string of the molecule is CCCC[C@@H]1NC(=O)[C@H](Cc2cccc(I)c2)NC(=O)CN(C)C(=O)[C@H](Cc2ccc(Cl)cc2)N(C)C(=O)CN(C)C(=O)CN(C)C(=O)[C@H]([C@@H](C)CC)NC(=O)[C@H](CC(C)C)N(C)C(=O)CC(C(=O)N2CCCCC2)N(C)C(=O)[C@H](CC(C)C)NC(=O)[C@H](Cc2ccccc2F)N(C)C1=O. The molecule has 0 spiro atoms. The summed E-state index contributed by atoms with van der Waals surface area (Å²) in [4.78, 5) is 188. The third kappa shape index (κ3) is 24.0. The number of carbonyl (C=O) groups excluding carboxylic acids is 12. The quantitative estimate of drug-likeness (QED) is 0.130. The molecule has 550 valence electrons. The number of amides is 12. The minimum absolute atomic E-state index is 0.00234. The highest BCUT2D eigenvalue weighted by molar-refractivity contribution is 14.1. The molecule has 2 saturated heterocycles. The fourth-order valence-electron chi connectivity index (χ4n) is 12.3. The Morgan fingerprint density at radius 1 is 0.550 bits per heavy atom. The van der Waals surface area contributed by atoms with Crippen molar-refractivity contribution >= 4 is 105 Å². The van der Waals surface area contributed by atoms with Crippen molar-refractivity contribution in [1.82, 2.24) is 60.5 Å². The Kier molecular flexibility index (Phi) is 32.7. The lowest BCUT2D eigenvalue weighted by atomic mass is 9.95. The van der Waals surface area contributed by atoms with Crippen LogP contribution in [0.2, 0.25) is 5.02 Å². The number of carbonyl (C=O) groups is 12. The fraction of sp³-hybridized carbons (Fsp3) is 0.589. The molecule has 2 aliphatic rings. The lowest BCUT2D eigenvalue weighted by molar-refractivity contribution is -0.151. The van der Waals surface area contributed by atoms with Gasteiger partial charge in [-0.25, -0.2) is 4.39 Å². The summed E-state index contributed by atoms with van der Waals surface area (Å²) in [6.45, 7) is 11.7. The van der Waals surface area contributed by atoms with Crippen LogP contribution in [0.3, 0.4) is 0 Å². The molecule has 0 saturated carbocycles. The highest BCUT2D eigenvalue weighted by Crippen LogP contribution is 2.24. The van der Waals surface area contributed by atoms with Gasteiger partial charge in [-0.3, -0.25) is 57.5 Å².